The van der Waals surface area contributed by atoms with E-state index in [-0.39, 0.29) is 31.3 Å². The molecule has 178 valence electrons. The van der Waals surface area contributed by atoms with E-state index in [1.165, 1.54) is 6.07 Å². The second-order valence-corrected chi connectivity index (χ2v) is 7.40. The summed E-state index contributed by atoms with van der Waals surface area (Å²) in [5, 5.41) is 10.1. The lowest BCUT2D eigenvalue weighted by Gasteiger charge is -2.20. The number of ether oxygens (including phenoxy) is 2. The zero-order chi connectivity index (χ0) is 24.5. The predicted octanol–water partition coefficient (Wildman–Crippen LogP) is 3.66. The number of carbonyl (C=O) groups excluding carboxylic acids is 1. The standard InChI is InChI=1S/C25H26F2N4O3/c1-2-33-23(25(32)31-15-17-5-7-18(8-6-17)24(28)29)21-19(26)9-10-20(22(21)27)34-13-11-16-4-3-12-30-14-16/h3-10,12,14,23H,2,11,13,15H2,1H3,(H3,28,29)(H,31,32). The molecule has 34 heavy (non-hydrogen) atoms. The quantitative estimate of drug-likeness (QED) is 0.294. The number of hydrogen-bond acceptors (Lipinski definition) is 5. The van der Waals surface area contributed by atoms with Crippen molar-refractivity contribution in [3.63, 3.8) is 0 Å². The molecule has 7 nitrogen and oxygen atoms in total. The summed E-state index contributed by atoms with van der Waals surface area (Å²) in [4.78, 5) is 16.8. The number of halogens is 2. The van der Waals surface area contributed by atoms with E-state index in [9.17, 15) is 9.18 Å². The molecule has 0 radical (unpaired) electrons. The highest BCUT2D eigenvalue weighted by molar-refractivity contribution is 5.94. The van der Waals surface area contributed by atoms with Crippen molar-refractivity contribution in [2.75, 3.05) is 13.2 Å². The number of rotatable bonds is 11. The molecule has 1 atom stereocenters. The normalized spacial score (nSPS) is 11.6. The summed E-state index contributed by atoms with van der Waals surface area (Å²) in [5.41, 5.74) is 7.11. The van der Waals surface area contributed by atoms with Crippen molar-refractivity contribution in [3.8, 4) is 5.75 Å². The molecule has 2 aromatic carbocycles. The molecule has 1 amide bonds. The van der Waals surface area contributed by atoms with Crippen molar-refractivity contribution < 1.29 is 23.0 Å². The Balaban J connectivity index is 1.72. The molecule has 3 rings (SSSR count). The minimum absolute atomic E-state index is 0.0658. The van der Waals surface area contributed by atoms with Gasteiger partial charge >= 0.3 is 0 Å². The van der Waals surface area contributed by atoms with Gasteiger partial charge in [-0.3, -0.25) is 15.2 Å². The van der Waals surface area contributed by atoms with Gasteiger partial charge in [0, 0.05) is 37.5 Å². The summed E-state index contributed by atoms with van der Waals surface area (Å²) in [6, 6.07) is 12.6. The van der Waals surface area contributed by atoms with Crippen molar-refractivity contribution in [1.29, 1.82) is 5.41 Å². The van der Waals surface area contributed by atoms with E-state index in [4.69, 9.17) is 20.6 Å². The summed E-state index contributed by atoms with van der Waals surface area (Å²) in [5.74, 6) is -2.82. The van der Waals surface area contributed by atoms with Gasteiger partial charge in [-0.1, -0.05) is 30.3 Å². The molecule has 1 heterocycles. The SMILES string of the molecule is CCOC(C(=O)NCc1ccc(C(=N)N)cc1)c1c(F)ccc(OCCc2cccnc2)c1F. The Hall–Kier alpha value is -3.85. The third kappa shape index (κ3) is 6.35. The second-order valence-electron chi connectivity index (χ2n) is 7.40. The molecular weight excluding hydrogens is 442 g/mol. The Morgan fingerprint density at radius 2 is 1.91 bits per heavy atom. The largest absolute Gasteiger partial charge is 0.490 e. The summed E-state index contributed by atoms with van der Waals surface area (Å²) in [6.07, 6.45) is 2.32. The molecule has 0 aliphatic heterocycles. The van der Waals surface area contributed by atoms with Crippen LogP contribution in [-0.4, -0.2) is 29.9 Å². The molecular formula is C25H26F2N4O3. The van der Waals surface area contributed by atoms with E-state index in [2.05, 4.69) is 10.3 Å². The smallest absolute Gasteiger partial charge is 0.254 e. The maximum atomic E-state index is 15.2. The van der Waals surface area contributed by atoms with Crippen molar-refractivity contribution in [1.82, 2.24) is 10.3 Å². The Bertz CT molecular complexity index is 1130. The van der Waals surface area contributed by atoms with E-state index < -0.39 is 29.2 Å². The Kier molecular flexibility index (Phi) is 8.64. The highest BCUT2D eigenvalue weighted by Gasteiger charge is 2.29. The average Bonchev–Trinajstić information content (AvgIpc) is 2.84. The molecule has 0 bridgehead atoms. The van der Waals surface area contributed by atoms with Crippen LogP contribution < -0.4 is 15.8 Å². The fourth-order valence-electron chi connectivity index (χ4n) is 3.27. The number of nitrogens with zero attached hydrogens (tertiary/aromatic N) is 1. The van der Waals surface area contributed by atoms with Crippen LogP contribution in [0.15, 0.2) is 60.9 Å². The summed E-state index contributed by atoms with van der Waals surface area (Å²) in [7, 11) is 0. The van der Waals surface area contributed by atoms with Crippen LogP contribution in [0.3, 0.4) is 0 Å². The van der Waals surface area contributed by atoms with Crippen LogP contribution in [0.4, 0.5) is 8.78 Å². The number of carbonyl (C=O) groups is 1. The van der Waals surface area contributed by atoms with Gasteiger partial charge in [0.25, 0.3) is 5.91 Å². The molecule has 0 fully saturated rings. The van der Waals surface area contributed by atoms with Crippen LogP contribution in [0.25, 0.3) is 0 Å². The monoisotopic (exact) mass is 468 g/mol. The van der Waals surface area contributed by atoms with Crippen LogP contribution in [0.5, 0.6) is 5.75 Å². The summed E-state index contributed by atoms with van der Waals surface area (Å²) < 4.78 is 40.8. The Morgan fingerprint density at radius 3 is 2.56 bits per heavy atom. The molecule has 0 saturated carbocycles. The van der Waals surface area contributed by atoms with Crippen LogP contribution in [0.1, 0.15) is 35.3 Å². The van der Waals surface area contributed by atoms with Gasteiger partial charge in [-0.15, -0.1) is 0 Å². The highest BCUT2D eigenvalue weighted by Crippen LogP contribution is 2.30. The molecule has 0 saturated heterocycles. The second kappa shape index (κ2) is 11.9. The molecule has 0 aliphatic carbocycles. The number of benzene rings is 2. The highest BCUT2D eigenvalue weighted by atomic mass is 19.1. The molecule has 4 N–H and O–H groups in total. The van der Waals surface area contributed by atoms with Gasteiger partial charge in [0.2, 0.25) is 0 Å². The lowest BCUT2D eigenvalue weighted by Crippen LogP contribution is -2.31. The average molecular weight is 469 g/mol. The fraction of sp³-hybridized carbons (Fsp3) is 0.240. The number of pyridine rings is 1. The molecule has 0 aliphatic rings. The van der Waals surface area contributed by atoms with E-state index in [1.807, 2.05) is 6.07 Å². The first kappa shape index (κ1) is 24.8. The summed E-state index contributed by atoms with van der Waals surface area (Å²) >= 11 is 0. The van der Waals surface area contributed by atoms with Gasteiger partial charge in [-0.05, 0) is 36.2 Å². The van der Waals surface area contributed by atoms with Crippen LogP contribution in [0, 0.1) is 17.0 Å². The number of hydrogen-bond donors (Lipinski definition) is 3. The number of nitrogens with two attached hydrogens (primary N) is 1. The van der Waals surface area contributed by atoms with Gasteiger partial charge in [-0.25, -0.2) is 8.78 Å². The lowest BCUT2D eigenvalue weighted by molar-refractivity contribution is -0.133. The molecule has 0 spiro atoms. The predicted molar refractivity (Wildman–Crippen MR) is 123 cm³/mol. The fourth-order valence-corrected chi connectivity index (χ4v) is 3.27. The van der Waals surface area contributed by atoms with E-state index in [0.717, 1.165) is 17.2 Å². The van der Waals surface area contributed by atoms with Crippen molar-refractivity contribution in [2.45, 2.75) is 26.0 Å². The first-order valence-electron chi connectivity index (χ1n) is 10.7. The minimum atomic E-state index is -1.50. The molecule has 1 unspecified atom stereocenters. The number of aromatic nitrogens is 1. The van der Waals surface area contributed by atoms with Crippen molar-refractivity contribution in [3.05, 3.63) is 94.8 Å². The van der Waals surface area contributed by atoms with Gasteiger partial charge in [-0.2, -0.15) is 0 Å². The van der Waals surface area contributed by atoms with Gasteiger partial charge in [0.1, 0.15) is 11.7 Å². The van der Waals surface area contributed by atoms with Gasteiger partial charge in [0.15, 0.2) is 17.7 Å². The maximum absolute atomic E-state index is 15.2. The number of amidine groups is 1. The van der Waals surface area contributed by atoms with E-state index >= 15 is 4.39 Å². The maximum Gasteiger partial charge on any atom is 0.254 e. The van der Waals surface area contributed by atoms with Crippen LogP contribution in [-0.2, 0) is 22.5 Å². The lowest BCUT2D eigenvalue weighted by atomic mass is 10.1. The Labute approximate surface area is 196 Å². The first-order chi connectivity index (χ1) is 16.4. The van der Waals surface area contributed by atoms with Gasteiger partial charge < -0.3 is 20.5 Å². The number of nitrogens with one attached hydrogen (secondary N) is 2. The van der Waals surface area contributed by atoms with Crippen molar-refractivity contribution >= 4 is 11.7 Å². The number of nitrogen functional groups attached to an aromatic ring is 1. The molecule has 3 aromatic rings. The molecule has 1 aromatic heterocycles. The van der Waals surface area contributed by atoms with Gasteiger partial charge in [0.05, 0.1) is 12.2 Å². The first-order valence-corrected chi connectivity index (χ1v) is 10.7. The van der Waals surface area contributed by atoms with E-state index in [0.29, 0.717) is 12.0 Å². The molecule has 9 heteroatoms. The van der Waals surface area contributed by atoms with Crippen LogP contribution in [0.2, 0.25) is 0 Å². The van der Waals surface area contributed by atoms with Crippen LogP contribution >= 0.6 is 0 Å². The van der Waals surface area contributed by atoms with Crippen molar-refractivity contribution in [2.24, 2.45) is 5.73 Å². The Morgan fingerprint density at radius 1 is 1.15 bits per heavy atom. The number of amides is 1. The summed E-state index contributed by atoms with van der Waals surface area (Å²) in [6.45, 7) is 1.95. The third-order valence-corrected chi connectivity index (χ3v) is 5.03. The van der Waals surface area contributed by atoms with E-state index in [1.54, 1.807) is 49.6 Å². The zero-order valence-corrected chi connectivity index (χ0v) is 18.7. The zero-order valence-electron chi connectivity index (χ0n) is 18.7. The third-order valence-electron chi connectivity index (χ3n) is 5.03. The topological polar surface area (TPSA) is 110 Å². The minimum Gasteiger partial charge on any atom is -0.490 e.